The number of nitrogens with two attached hydrogens (primary N) is 1. The molecule has 1 unspecified atom stereocenters. The number of hydrogen-bond acceptors (Lipinski definition) is 5. The van der Waals surface area contributed by atoms with Crippen molar-refractivity contribution in [2.24, 2.45) is 0 Å². The summed E-state index contributed by atoms with van der Waals surface area (Å²) >= 11 is 0. The van der Waals surface area contributed by atoms with Crippen molar-refractivity contribution in [1.29, 1.82) is 0 Å². The van der Waals surface area contributed by atoms with Gasteiger partial charge in [0.05, 0.1) is 6.54 Å². The Kier molecular flexibility index (Phi) is 4.32. The number of amides is 1. The summed E-state index contributed by atoms with van der Waals surface area (Å²) in [5.74, 6) is -2.38. The Bertz CT molecular complexity index is 707. The zero-order valence-electron chi connectivity index (χ0n) is 11.7. The molecule has 1 atom stereocenters. The van der Waals surface area contributed by atoms with E-state index in [9.17, 15) is 18.7 Å². The number of halogens is 2. The molecule has 1 aromatic heterocycles. The number of hydrogen-bond donors (Lipinski definition) is 3. The maximum absolute atomic E-state index is 13.7. The van der Waals surface area contributed by atoms with E-state index in [1.807, 2.05) is 0 Å². The van der Waals surface area contributed by atoms with Crippen LogP contribution in [0.3, 0.4) is 0 Å². The van der Waals surface area contributed by atoms with Gasteiger partial charge in [-0.1, -0.05) is 6.07 Å². The molecule has 1 amide bonds. The van der Waals surface area contributed by atoms with Gasteiger partial charge in [0, 0.05) is 24.0 Å². The molecule has 2 aromatic rings. The van der Waals surface area contributed by atoms with E-state index >= 15 is 0 Å². The Morgan fingerprint density at radius 2 is 2.05 bits per heavy atom. The molecule has 0 aliphatic rings. The van der Waals surface area contributed by atoms with E-state index in [1.54, 1.807) is 0 Å². The van der Waals surface area contributed by atoms with Crippen LogP contribution in [0.2, 0.25) is 0 Å². The fourth-order valence-electron chi connectivity index (χ4n) is 1.88. The van der Waals surface area contributed by atoms with Crippen molar-refractivity contribution in [3.05, 3.63) is 53.5 Å². The molecule has 2 rings (SSSR count). The number of rotatable bonds is 4. The van der Waals surface area contributed by atoms with Gasteiger partial charge in [-0.3, -0.25) is 4.79 Å². The number of nitrogens with one attached hydrogen (secondary N) is 1. The van der Waals surface area contributed by atoms with Gasteiger partial charge in [0.1, 0.15) is 17.2 Å². The number of carbonyl (C=O) groups is 1. The summed E-state index contributed by atoms with van der Waals surface area (Å²) in [7, 11) is 0. The molecule has 116 valence electrons. The highest BCUT2D eigenvalue weighted by Crippen LogP contribution is 2.23. The lowest BCUT2D eigenvalue weighted by Crippen LogP contribution is -2.39. The highest BCUT2D eigenvalue weighted by atomic mass is 19.1. The summed E-state index contributed by atoms with van der Waals surface area (Å²) < 4.78 is 26.6. The number of nitrogen functional groups attached to an aromatic ring is 1. The fraction of sp³-hybridized carbons (Fsp3) is 0.214. The van der Waals surface area contributed by atoms with Gasteiger partial charge in [-0.2, -0.15) is 0 Å². The Labute approximate surface area is 125 Å². The van der Waals surface area contributed by atoms with Gasteiger partial charge >= 0.3 is 0 Å². The largest absolute Gasteiger partial charge is 0.383 e. The van der Waals surface area contributed by atoms with Gasteiger partial charge in [0.2, 0.25) is 0 Å². The van der Waals surface area contributed by atoms with E-state index in [0.717, 1.165) is 12.1 Å². The van der Waals surface area contributed by atoms with Crippen LogP contribution in [-0.2, 0) is 5.60 Å². The molecule has 0 radical (unpaired) electrons. The number of aliphatic hydroxyl groups is 1. The number of nitrogens with zero attached hydrogens (tertiary/aromatic N) is 2. The molecule has 0 saturated heterocycles. The smallest absolute Gasteiger partial charge is 0.273 e. The van der Waals surface area contributed by atoms with Crippen LogP contribution in [0.5, 0.6) is 0 Å². The lowest BCUT2D eigenvalue weighted by molar-refractivity contribution is 0.0493. The predicted octanol–water partition coefficient (Wildman–Crippen LogP) is 0.974. The van der Waals surface area contributed by atoms with E-state index in [2.05, 4.69) is 15.3 Å². The molecular formula is C14H14F2N4O2. The fourth-order valence-corrected chi connectivity index (χ4v) is 1.88. The molecule has 0 aliphatic heterocycles. The third-order valence-electron chi connectivity index (χ3n) is 3.05. The Morgan fingerprint density at radius 3 is 2.68 bits per heavy atom. The summed E-state index contributed by atoms with van der Waals surface area (Å²) in [5.41, 5.74) is 3.55. The van der Waals surface area contributed by atoms with Gasteiger partial charge in [0.25, 0.3) is 5.91 Å². The van der Waals surface area contributed by atoms with Crippen LogP contribution >= 0.6 is 0 Å². The van der Waals surface area contributed by atoms with E-state index < -0.39 is 23.1 Å². The molecule has 1 heterocycles. The average Bonchev–Trinajstić information content (AvgIpc) is 2.45. The standard InChI is InChI=1S/C14H14F2N4O2/c1-14(22,9-3-2-8(15)6-10(9)16)7-20-13(21)11-12(17)19-5-4-18-11/h2-6,22H,7H2,1H3,(H2,17,19)(H,20,21). The second-order valence-corrected chi connectivity index (χ2v) is 4.87. The van der Waals surface area contributed by atoms with Crippen molar-refractivity contribution in [3.8, 4) is 0 Å². The van der Waals surface area contributed by atoms with Crippen LogP contribution < -0.4 is 11.1 Å². The predicted molar refractivity (Wildman–Crippen MR) is 74.7 cm³/mol. The molecule has 22 heavy (non-hydrogen) atoms. The number of anilines is 1. The van der Waals surface area contributed by atoms with Crippen LogP contribution in [0.25, 0.3) is 0 Å². The molecule has 0 spiro atoms. The summed E-state index contributed by atoms with van der Waals surface area (Å²) in [5, 5.41) is 12.7. The average molecular weight is 308 g/mol. The highest BCUT2D eigenvalue weighted by Gasteiger charge is 2.28. The molecule has 6 nitrogen and oxygen atoms in total. The first-order chi connectivity index (χ1) is 10.3. The van der Waals surface area contributed by atoms with Gasteiger partial charge in [0.15, 0.2) is 11.5 Å². The van der Waals surface area contributed by atoms with Crippen LogP contribution in [0.1, 0.15) is 23.0 Å². The SMILES string of the molecule is CC(O)(CNC(=O)c1nccnc1N)c1ccc(F)cc1F. The van der Waals surface area contributed by atoms with E-state index in [-0.39, 0.29) is 23.6 Å². The summed E-state index contributed by atoms with van der Waals surface area (Å²) in [6, 6.07) is 2.80. The Morgan fingerprint density at radius 1 is 1.36 bits per heavy atom. The maximum Gasteiger partial charge on any atom is 0.273 e. The minimum Gasteiger partial charge on any atom is -0.383 e. The summed E-state index contributed by atoms with van der Waals surface area (Å²) in [4.78, 5) is 19.4. The maximum atomic E-state index is 13.7. The van der Waals surface area contributed by atoms with Crippen molar-refractivity contribution < 1.29 is 18.7 Å². The number of benzene rings is 1. The van der Waals surface area contributed by atoms with Crippen LogP contribution in [0, 0.1) is 11.6 Å². The summed E-state index contributed by atoms with van der Waals surface area (Å²) in [6.45, 7) is 0.980. The number of aromatic nitrogens is 2. The molecule has 1 aromatic carbocycles. The van der Waals surface area contributed by atoms with Crippen LogP contribution in [0.15, 0.2) is 30.6 Å². The van der Waals surface area contributed by atoms with Gasteiger partial charge in [-0.15, -0.1) is 0 Å². The zero-order valence-corrected chi connectivity index (χ0v) is 11.7. The van der Waals surface area contributed by atoms with Crippen molar-refractivity contribution in [3.63, 3.8) is 0 Å². The molecular weight excluding hydrogens is 294 g/mol. The first-order valence-electron chi connectivity index (χ1n) is 6.34. The van der Waals surface area contributed by atoms with Gasteiger partial charge in [-0.25, -0.2) is 18.7 Å². The van der Waals surface area contributed by atoms with Crippen molar-refractivity contribution in [2.75, 3.05) is 12.3 Å². The third-order valence-corrected chi connectivity index (χ3v) is 3.05. The van der Waals surface area contributed by atoms with Gasteiger partial charge < -0.3 is 16.2 Å². The topological polar surface area (TPSA) is 101 Å². The van der Waals surface area contributed by atoms with E-state index in [0.29, 0.717) is 6.07 Å². The lowest BCUT2D eigenvalue weighted by Gasteiger charge is -2.24. The van der Waals surface area contributed by atoms with Crippen molar-refractivity contribution in [1.82, 2.24) is 15.3 Å². The van der Waals surface area contributed by atoms with Crippen molar-refractivity contribution >= 4 is 11.7 Å². The molecule has 0 saturated carbocycles. The second-order valence-electron chi connectivity index (χ2n) is 4.87. The van der Waals surface area contributed by atoms with Crippen LogP contribution in [0.4, 0.5) is 14.6 Å². The molecule has 4 N–H and O–H groups in total. The molecule has 0 aliphatic carbocycles. The minimum atomic E-state index is -1.73. The Balaban J connectivity index is 2.13. The lowest BCUT2D eigenvalue weighted by atomic mass is 9.95. The molecule has 8 heteroatoms. The summed E-state index contributed by atoms with van der Waals surface area (Å²) in [6.07, 6.45) is 2.62. The van der Waals surface area contributed by atoms with Gasteiger partial charge in [-0.05, 0) is 13.0 Å². The molecule has 0 bridgehead atoms. The minimum absolute atomic E-state index is 0.0624. The molecule has 0 fully saturated rings. The van der Waals surface area contributed by atoms with E-state index in [1.165, 1.54) is 19.3 Å². The highest BCUT2D eigenvalue weighted by molar-refractivity contribution is 5.96. The van der Waals surface area contributed by atoms with Crippen LogP contribution in [-0.4, -0.2) is 27.5 Å². The van der Waals surface area contributed by atoms with E-state index in [4.69, 9.17) is 5.73 Å². The first kappa shape index (κ1) is 15.8. The Hall–Kier alpha value is -2.61. The zero-order chi connectivity index (χ0) is 16.3. The first-order valence-corrected chi connectivity index (χ1v) is 6.34. The monoisotopic (exact) mass is 308 g/mol. The normalized spacial score (nSPS) is 13.5. The van der Waals surface area contributed by atoms with Crippen molar-refractivity contribution in [2.45, 2.75) is 12.5 Å². The second kappa shape index (κ2) is 6.02. The quantitative estimate of drug-likeness (QED) is 0.781. The number of carbonyl (C=O) groups excluding carboxylic acids is 1. The third kappa shape index (κ3) is 3.34.